The molecule has 0 aliphatic carbocycles. The van der Waals surface area contributed by atoms with Gasteiger partial charge in [-0.1, -0.05) is 0 Å². The van der Waals surface area contributed by atoms with Crippen LogP contribution in [-0.4, -0.2) is 36.1 Å². The summed E-state index contributed by atoms with van der Waals surface area (Å²) in [6.07, 6.45) is 0.575. The molecule has 0 radical (unpaired) electrons. The van der Waals surface area contributed by atoms with Crippen molar-refractivity contribution in [3.05, 3.63) is 0 Å². The van der Waals surface area contributed by atoms with Gasteiger partial charge in [0.1, 0.15) is 0 Å². The van der Waals surface area contributed by atoms with Crippen molar-refractivity contribution in [3.63, 3.8) is 0 Å². The van der Waals surface area contributed by atoms with Crippen LogP contribution < -0.4 is 16.4 Å². The Kier molecular flexibility index (Phi) is 6.69. The lowest BCUT2D eigenvalue weighted by molar-refractivity contribution is -0.136. The molecule has 0 aliphatic rings. The zero-order valence-corrected chi connectivity index (χ0v) is 8.28. The molecule has 0 atom stereocenters. The maximum atomic E-state index is 10.9. The maximum absolute atomic E-state index is 10.9. The monoisotopic (exact) mass is 217 g/mol. The van der Waals surface area contributed by atoms with Gasteiger partial charge in [-0.05, 0) is 6.42 Å². The van der Waals surface area contributed by atoms with Crippen LogP contribution in [0.1, 0.15) is 19.3 Å². The number of amides is 3. The van der Waals surface area contributed by atoms with Crippen LogP contribution in [0.3, 0.4) is 0 Å². The fourth-order valence-electron chi connectivity index (χ4n) is 0.810. The van der Waals surface area contributed by atoms with Gasteiger partial charge in [0.15, 0.2) is 0 Å². The number of nitrogens with two attached hydrogens (primary N) is 1. The van der Waals surface area contributed by atoms with Gasteiger partial charge < -0.3 is 21.5 Å². The molecule has 0 saturated carbocycles. The SMILES string of the molecule is NC(=O)CCCNC(=O)NCCC(=O)O. The quantitative estimate of drug-likeness (QED) is 0.409. The first kappa shape index (κ1) is 13.2. The van der Waals surface area contributed by atoms with E-state index < -0.39 is 17.9 Å². The van der Waals surface area contributed by atoms with Crippen molar-refractivity contribution in [1.29, 1.82) is 0 Å². The van der Waals surface area contributed by atoms with Crippen molar-refractivity contribution in [2.75, 3.05) is 13.1 Å². The number of carboxylic acids is 1. The topological polar surface area (TPSA) is 122 Å². The summed E-state index contributed by atoms with van der Waals surface area (Å²) in [5, 5.41) is 13.1. The molecule has 0 heterocycles. The molecule has 15 heavy (non-hydrogen) atoms. The van der Waals surface area contributed by atoms with E-state index in [4.69, 9.17) is 10.8 Å². The molecule has 5 N–H and O–H groups in total. The molecule has 0 saturated heterocycles. The number of nitrogens with one attached hydrogen (secondary N) is 2. The van der Waals surface area contributed by atoms with Crippen LogP contribution >= 0.6 is 0 Å². The Hall–Kier alpha value is -1.79. The van der Waals surface area contributed by atoms with E-state index in [1.165, 1.54) is 0 Å². The second-order valence-electron chi connectivity index (χ2n) is 2.90. The first-order valence-electron chi connectivity index (χ1n) is 4.54. The third-order valence-electron chi connectivity index (χ3n) is 1.51. The molecule has 0 aromatic rings. The van der Waals surface area contributed by atoms with Crippen molar-refractivity contribution in [2.45, 2.75) is 19.3 Å². The van der Waals surface area contributed by atoms with Gasteiger partial charge >= 0.3 is 12.0 Å². The molecule has 86 valence electrons. The lowest BCUT2D eigenvalue weighted by Gasteiger charge is -2.05. The summed E-state index contributed by atoms with van der Waals surface area (Å²) in [5.74, 6) is -1.38. The molecule has 7 nitrogen and oxygen atoms in total. The lowest BCUT2D eigenvalue weighted by atomic mass is 10.3. The number of carboxylic acid groups (broad SMARTS) is 1. The van der Waals surface area contributed by atoms with Gasteiger partial charge in [-0.3, -0.25) is 9.59 Å². The highest BCUT2D eigenvalue weighted by atomic mass is 16.4. The summed E-state index contributed by atoms with van der Waals surface area (Å²) >= 11 is 0. The van der Waals surface area contributed by atoms with Crippen molar-refractivity contribution >= 4 is 17.9 Å². The van der Waals surface area contributed by atoms with E-state index in [9.17, 15) is 14.4 Å². The Morgan fingerprint density at radius 1 is 1.07 bits per heavy atom. The summed E-state index contributed by atoms with van der Waals surface area (Å²) in [6, 6.07) is -0.444. The summed E-state index contributed by atoms with van der Waals surface area (Å²) < 4.78 is 0. The number of carbonyl (C=O) groups is 3. The van der Waals surface area contributed by atoms with E-state index in [0.29, 0.717) is 13.0 Å². The first-order valence-corrected chi connectivity index (χ1v) is 4.54. The maximum Gasteiger partial charge on any atom is 0.314 e. The first-order chi connectivity index (χ1) is 7.02. The van der Waals surface area contributed by atoms with Crippen LogP contribution in [0.2, 0.25) is 0 Å². The minimum atomic E-state index is -0.968. The van der Waals surface area contributed by atoms with Gasteiger partial charge in [-0.2, -0.15) is 0 Å². The van der Waals surface area contributed by atoms with Gasteiger partial charge in [0.2, 0.25) is 5.91 Å². The molecule has 0 rings (SSSR count). The van der Waals surface area contributed by atoms with Crippen molar-refractivity contribution in [1.82, 2.24) is 10.6 Å². The minimum Gasteiger partial charge on any atom is -0.481 e. The molecule has 0 bridgehead atoms. The summed E-state index contributed by atoms with van der Waals surface area (Å²) in [4.78, 5) is 31.4. The van der Waals surface area contributed by atoms with Crippen molar-refractivity contribution < 1.29 is 19.5 Å². The van der Waals surface area contributed by atoms with Crippen molar-refractivity contribution in [3.8, 4) is 0 Å². The Morgan fingerprint density at radius 2 is 1.67 bits per heavy atom. The van der Waals surface area contributed by atoms with E-state index in [1.54, 1.807) is 0 Å². The van der Waals surface area contributed by atoms with Gasteiger partial charge in [0.25, 0.3) is 0 Å². The highest BCUT2D eigenvalue weighted by Gasteiger charge is 2.01. The van der Waals surface area contributed by atoms with Crippen molar-refractivity contribution in [2.24, 2.45) is 5.73 Å². The normalized spacial score (nSPS) is 9.33. The summed E-state index contributed by atoms with van der Waals surface area (Å²) in [7, 11) is 0. The van der Waals surface area contributed by atoms with Crippen LogP contribution in [0.5, 0.6) is 0 Å². The van der Waals surface area contributed by atoms with Gasteiger partial charge in [0.05, 0.1) is 6.42 Å². The van der Waals surface area contributed by atoms with E-state index in [1.807, 2.05) is 0 Å². The largest absolute Gasteiger partial charge is 0.481 e. The van der Waals surface area contributed by atoms with Crippen LogP contribution in [0.15, 0.2) is 0 Å². The highest BCUT2D eigenvalue weighted by Crippen LogP contribution is 1.84. The van der Waals surface area contributed by atoms with Crippen LogP contribution in [0.4, 0.5) is 4.79 Å². The third kappa shape index (κ3) is 10.1. The fourth-order valence-corrected chi connectivity index (χ4v) is 0.810. The molecular formula is C8H15N3O4. The molecule has 0 unspecified atom stereocenters. The lowest BCUT2D eigenvalue weighted by Crippen LogP contribution is -2.37. The average Bonchev–Trinajstić information content (AvgIpc) is 2.11. The molecule has 3 amide bonds. The Balaban J connectivity index is 3.33. The molecule has 0 aromatic heterocycles. The number of hydrogen-bond acceptors (Lipinski definition) is 3. The molecule has 0 aromatic carbocycles. The van der Waals surface area contributed by atoms with Gasteiger partial charge in [-0.25, -0.2) is 4.79 Å². The molecule has 7 heteroatoms. The third-order valence-corrected chi connectivity index (χ3v) is 1.51. The van der Waals surface area contributed by atoms with Crippen LogP contribution in [0.25, 0.3) is 0 Å². The second-order valence-corrected chi connectivity index (χ2v) is 2.90. The van der Waals surface area contributed by atoms with Crippen LogP contribution in [-0.2, 0) is 9.59 Å². The molecular weight excluding hydrogens is 202 g/mol. The summed E-state index contributed by atoms with van der Waals surface area (Å²) in [6.45, 7) is 0.416. The molecule has 0 aliphatic heterocycles. The van der Waals surface area contributed by atoms with Gasteiger partial charge in [-0.15, -0.1) is 0 Å². The average molecular weight is 217 g/mol. The van der Waals surface area contributed by atoms with Crippen LogP contribution in [0, 0.1) is 0 Å². The number of urea groups is 1. The smallest absolute Gasteiger partial charge is 0.314 e. The Labute approximate surface area is 87.0 Å². The number of hydrogen-bond donors (Lipinski definition) is 4. The highest BCUT2D eigenvalue weighted by molar-refractivity contribution is 5.75. The predicted molar refractivity (Wildman–Crippen MR) is 52.1 cm³/mol. The number of primary amides is 1. The number of carbonyl (C=O) groups excluding carboxylic acids is 2. The second kappa shape index (κ2) is 7.60. The van der Waals surface area contributed by atoms with E-state index in [0.717, 1.165) is 0 Å². The zero-order chi connectivity index (χ0) is 11.7. The van der Waals surface area contributed by atoms with Gasteiger partial charge in [0, 0.05) is 19.5 Å². The fraction of sp³-hybridized carbons (Fsp3) is 0.625. The van der Waals surface area contributed by atoms with E-state index in [-0.39, 0.29) is 19.4 Å². The Morgan fingerprint density at radius 3 is 2.20 bits per heavy atom. The number of aliphatic carboxylic acids is 1. The number of rotatable bonds is 7. The van der Waals surface area contributed by atoms with E-state index >= 15 is 0 Å². The Bertz CT molecular complexity index is 242. The zero-order valence-electron chi connectivity index (χ0n) is 8.28. The summed E-state index contributed by atoms with van der Waals surface area (Å²) in [5.41, 5.74) is 4.89. The van der Waals surface area contributed by atoms with E-state index in [2.05, 4.69) is 10.6 Å². The predicted octanol–water partition coefficient (Wildman–Crippen LogP) is -0.974. The molecule has 0 spiro atoms. The minimum absolute atomic E-state index is 0.0803. The molecule has 0 fully saturated rings. The standard InChI is InChI=1S/C8H15N3O4/c9-6(12)2-1-4-10-8(15)11-5-3-7(13)14/h1-5H2,(H2,9,12)(H,13,14)(H2,10,11,15).